The number of methoxy groups -OCH3 is 2. The van der Waals surface area contributed by atoms with E-state index < -0.39 is 0 Å². The molecule has 0 aliphatic rings. The Morgan fingerprint density at radius 1 is 1.29 bits per heavy atom. The number of ether oxygens (including phenoxy) is 2. The van der Waals surface area contributed by atoms with E-state index in [9.17, 15) is 4.79 Å². The molecular formula is C16H26N2O3. The van der Waals surface area contributed by atoms with Gasteiger partial charge in [-0.15, -0.1) is 0 Å². The lowest BCUT2D eigenvalue weighted by Gasteiger charge is -2.20. The summed E-state index contributed by atoms with van der Waals surface area (Å²) >= 11 is 0. The van der Waals surface area contributed by atoms with Gasteiger partial charge in [-0.2, -0.15) is 0 Å². The Balaban J connectivity index is 2.80. The number of nitrogens with two attached hydrogens (primary N) is 1. The van der Waals surface area contributed by atoms with Crippen LogP contribution in [0.15, 0.2) is 12.1 Å². The van der Waals surface area contributed by atoms with Gasteiger partial charge in [0.15, 0.2) is 11.5 Å². The maximum Gasteiger partial charge on any atom is 0.222 e. The van der Waals surface area contributed by atoms with E-state index in [0.717, 1.165) is 11.1 Å². The number of hydrogen-bond donors (Lipinski definition) is 1. The Hall–Kier alpha value is -1.75. The van der Waals surface area contributed by atoms with Gasteiger partial charge in [-0.3, -0.25) is 4.79 Å². The van der Waals surface area contributed by atoms with E-state index in [4.69, 9.17) is 15.2 Å². The minimum atomic E-state index is 0.0465. The fourth-order valence-corrected chi connectivity index (χ4v) is 2.08. The Morgan fingerprint density at radius 3 is 2.38 bits per heavy atom. The first kappa shape index (κ1) is 17.3. The lowest BCUT2D eigenvalue weighted by molar-refractivity contribution is -0.130. The van der Waals surface area contributed by atoms with Gasteiger partial charge in [-0.1, -0.05) is 0 Å². The van der Waals surface area contributed by atoms with Gasteiger partial charge in [0.1, 0.15) is 0 Å². The zero-order valence-electron chi connectivity index (χ0n) is 13.6. The van der Waals surface area contributed by atoms with E-state index >= 15 is 0 Å². The van der Waals surface area contributed by atoms with Crippen molar-refractivity contribution in [1.82, 2.24) is 4.90 Å². The van der Waals surface area contributed by atoms with Crippen LogP contribution in [0.3, 0.4) is 0 Å². The highest BCUT2D eigenvalue weighted by Gasteiger charge is 2.14. The second-order valence-electron chi connectivity index (χ2n) is 5.40. The number of carbonyl (C=O) groups is 1. The first-order valence-electron chi connectivity index (χ1n) is 7.10. The van der Waals surface area contributed by atoms with Crippen molar-refractivity contribution >= 4 is 5.91 Å². The summed E-state index contributed by atoms with van der Waals surface area (Å²) in [5, 5.41) is 0. The summed E-state index contributed by atoms with van der Waals surface area (Å²) in [7, 11) is 5.02. The molecule has 1 unspecified atom stereocenters. The second kappa shape index (κ2) is 7.88. The minimum absolute atomic E-state index is 0.0465. The smallest absolute Gasteiger partial charge is 0.222 e. The summed E-state index contributed by atoms with van der Waals surface area (Å²) in [5.74, 6) is 1.47. The lowest BCUT2D eigenvalue weighted by Crippen LogP contribution is -2.28. The van der Waals surface area contributed by atoms with Crippen molar-refractivity contribution in [3.8, 4) is 11.5 Å². The van der Waals surface area contributed by atoms with Crippen molar-refractivity contribution in [3.63, 3.8) is 0 Å². The molecule has 0 saturated carbocycles. The van der Waals surface area contributed by atoms with E-state index in [1.807, 2.05) is 26.0 Å². The van der Waals surface area contributed by atoms with Crippen LogP contribution in [0.5, 0.6) is 11.5 Å². The molecule has 5 heteroatoms. The molecule has 1 aromatic rings. The summed E-state index contributed by atoms with van der Waals surface area (Å²) in [6.45, 7) is 4.45. The Morgan fingerprint density at radius 2 is 1.86 bits per heavy atom. The maximum atomic E-state index is 12.1. The van der Waals surface area contributed by atoms with Gasteiger partial charge in [0.05, 0.1) is 14.2 Å². The summed E-state index contributed by atoms with van der Waals surface area (Å²) in [5.41, 5.74) is 7.80. The van der Waals surface area contributed by atoms with Crippen molar-refractivity contribution in [2.24, 2.45) is 5.73 Å². The largest absolute Gasteiger partial charge is 0.493 e. The molecule has 0 heterocycles. The van der Waals surface area contributed by atoms with Crippen molar-refractivity contribution in [1.29, 1.82) is 0 Å². The molecule has 1 atom stereocenters. The molecule has 0 radical (unpaired) electrons. The normalized spacial score (nSPS) is 11.9. The first-order chi connectivity index (χ1) is 9.88. The molecule has 0 aromatic heterocycles. The molecule has 0 fully saturated rings. The molecule has 0 aliphatic heterocycles. The number of rotatable bonds is 7. The third kappa shape index (κ3) is 4.93. The molecule has 0 spiro atoms. The number of nitrogens with zero attached hydrogens (tertiary/aromatic N) is 1. The zero-order valence-corrected chi connectivity index (χ0v) is 13.6. The SMILES string of the molecule is COc1cc(C)c(CN(C)C(=O)CCC(C)N)cc1OC. The van der Waals surface area contributed by atoms with Gasteiger partial charge >= 0.3 is 0 Å². The summed E-state index contributed by atoms with van der Waals surface area (Å²) in [4.78, 5) is 13.8. The van der Waals surface area contributed by atoms with Gasteiger partial charge in [0.25, 0.3) is 0 Å². The van der Waals surface area contributed by atoms with Crippen LogP contribution in [0, 0.1) is 6.92 Å². The molecular weight excluding hydrogens is 268 g/mol. The Kier molecular flexibility index (Phi) is 6.49. The maximum absolute atomic E-state index is 12.1. The second-order valence-corrected chi connectivity index (χ2v) is 5.40. The average Bonchev–Trinajstić information content (AvgIpc) is 2.45. The molecule has 1 rings (SSSR count). The highest BCUT2D eigenvalue weighted by Crippen LogP contribution is 2.30. The summed E-state index contributed by atoms with van der Waals surface area (Å²) in [6.07, 6.45) is 1.18. The van der Waals surface area contributed by atoms with Gasteiger partial charge in [-0.25, -0.2) is 0 Å². The van der Waals surface area contributed by atoms with E-state index in [0.29, 0.717) is 30.9 Å². The Labute approximate surface area is 127 Å². The highest BCUT2D eigenvalue weighted by atomic mass is 16.5. The van der Waals surface area contributed by atoms with Crippen molar-refractivity contribution < 1.29 is 14.3 Å². The molecule has 0 saturated heterocycles. The average molecular weight is 294 g/mol. The van der Waals surface area contributed by atoms with Gasteiger partial charge < -0.3 is 20.1 Å². The molecule has 118 valence electrons. The van der Waals surface area contributed by atoms with Crippen LogP contribution in [-0.2, 0) is 11.3 Å². The standard InChI is InChI=1S/C16H26N2O3/c1-11-8-14(20-4)15(21-5)9-13(11)10-18(3)16(19)7-6-12(2)17/h8-9,12H,6-7,10,17H2,1-5H3. The van der Waals surface area contributed by atoms with Crippen molar-refractivity contribution in [2.75, 3.05) is 21.3 Å². The topological polar surface area (TPSA) is 64.8 Å². The molecule has 1 amide bonds. The van der Waals surface area contributed by atoms with E-state index in [-0.39, 0.29) is 11.9 Å². The predicted octanol–water partition coefficient (Wildman–Crippen LogP) is 2.10. The van der Waals surface area contributed by atoms with Gasteiger partial charge in [0.2, 0.25) is 5.91 Å². The number of hydrogen-bond acceptors (Lipinski definition) is 4. The van der Waals surface area contributed by atoms with E-state index in [1.54, 1.807) is 26.2 Å². The number of amides is 1. The lowest BCUT2D eigenvalue weighted by atomic mass is 10.1. The minimum Gasteiger partial charge on any atom is -0.493 e. The van der Waals surface area contributed by atoms with Crippen LogP contribution < -0.4 is 15.2 Å². The Bertz CT molecular complexity index is 487. The van der Waals surface area contributed by atoms with E-state index in [1.165, 1.54) is 0 Å². The fraction of sp³-hybridized carbons (Fsp3) is 0.562. The molecule has 2 N–H and O–H groups in total. The summed E-state index contributed by atoms with van der Waals surface area (Å²) in [6, 6.07) is 3.89. The molecule has 0 aliphatic carbocycles. The molecule has 5 nitrogen and oxygen atoms in total. The highest BCUT2D eigenvalue weighted by molar-refractivity contribution is 5.76. The van der Waals surface area contributed by atoms with Crippen LogP contribution in [0.2, 0.25) is 0 Å². The molecule has 21 heavy (non-hydrogen) atoms. The predicted molar refractivity (Wildman–Crippen MR) is 83.6 cm³/mol. The van der Waals surface area contributed by atoms with Crippen LogP contribution in [0.25, 0.3) is 0 Å². The van der Waals surface area contributed by atoms with Crippen LogP contribution >= 0.6 is 0 Å². The first-order valence-corrected chi connectivity index (χ1v) is 7.10. The quantitative estimate of drug-likeness (QED) is 0.836. The van der Waals surface area contributed by atoms with Crippen LogP contribution in [-0.4, -0.2) is 38.1 Å². The van der Waals surface area contributed by atoms with Gasteiger partial charge in [-0.05, 0) is 43.5 Å². The van der Waals surface area contributed by atoms with E-state index in [2.05, 4.69) is 0 Å². The van der Waals surface area contributed by atoms with Crippen LogP contribution in [0.1, 0.15) is 30.9 Å². The zero-order chi connectivity index (χ0) is 16.0. The van der Waals surface area contributed by atoms with Crippen molar-refractivity contribution in [2.45, 2.75) is 39.3 Å². The fourth-order valence-electron chi connectivity index (χ4n) is 2.08. The number of aryl methyl sites for hydroxylation is 1. The third-order valence-electron chi connectivity index (χ3n) is 3.49. The molecule has 1 aromatic carbocycles. The van der Waals surface area contributed by atoms with Crippen LogP contribution in [0.4, 0.5) is 0 Å². The number of carbonyl (C=O) groups excluding carboxylic acids is 1. The number of benzene rings is 1. The summed E-state index contributed by atoms with van der Waals surface area (Å²) < 4.78 is 10.6. The molecule has 0 bridgehead atoms. The van der Waals surface area contributed by atoms with Crippen molar-refractivity contribution in [3.05, 3.63) is 23.3 Å². The monoisotopic (exact) mass is 294 g/mol. The van der Waals surface area contributed by atoms with Gasteiger partial charge in [0, 0.05) is 26.1 Å². The third-order valence-corrected chi connectivity index (χ3v) is 3.49.